The van der Waals surface area contributed by atoms with E-state index in [2.05, 4.69) is 19.7 Å². The number of amides is 1. The van der Waals surface area contributed by atoms with Gasteiger partial charge in [-0.3, -0.25) is 14.2 Å². The van der Waals surface area contributed by atoms with E-state index >= 15 is 0 Å². The lowest BCUT2D eigenvalue weighted by molar-refractivity contribution is -0.131. The Labute approximate surface area is 162 Å². The Kier molecular flexibility index (Phi) is 4.93. The second-order valence-electron chi connectivity index (χ2n) is 7.39. The zero-order valence-corrected chi connectivity index (χ0v) is 16.3. The maximum atomic E-state index is 12.7. The molecule has 2 aromatic heterocycles. The maximum absolute atomic E-state index is 12.7. The Bertz CT molecular complexity index is 1080. The molecule has 4 rings (SSSR count). The number of benzene rings is 1. The summed E-state index contributed by atoms with van der Waals surface area (Å²) in [6, 6.07) is 5.49. The summed E-state index contributed by atoms with van der Waals surface area (Å²) in [5.74, 6) is 1.63. The monoisotopic (exact) mass is 380 g/mol. The van der Waals surface area contributed by atoms with Gasteiger partial charge in [0.05, 0.1) is 23.8 Å². The van der Waals surface area contributed by atoms with Crippen LogP contribution in [0.1, 0.15) is 36.5 Å². The van der Waals surface area contributed by atoms with E-state index in [4.69, 9.17) is 0 Å². The van der Waals surface area contributed by atoms with E-state index in [1.165, 1.54) is 17.3 Å². The summed E-state index contributed by atoms with van der Waals surface area (Å²) >= 11 is 0. The summed E-state index contributed by atoms with van der Waals surface area (Å²) in [6.07, 6.45) is 5.81. The molecule has 0 spiro atoms. The summed E-state index contributed by atoms with van der Waals surface area (Å²) in [7, 11) is 1.73. The molecule has 0 saturated carbocycles. The predicted octanol–water partition coefficient (Wildman–Crippen LogP) is 1.68. The van der Waals surface area contributed by atoms with Gasteiger partial charge in [-0.1, -0.05) is 18.6 Å². The molecule has 0 N–H and O–H groups in total. The fourth-order valence-corrected chi connectivity index (χ4v) is 3.68. The summed E-state index contributed by atoms with van der Waals surface area (Å²) in [5.41, 5.74) is 1.42. The van der Waals surface area contributed by atoms with Gasteiger partial charge in [-0.15, -0.1) is 10.2 Å². The minimum absolute atomic E-state index is 0.0484. The van der Waals surface area contributed by atoms with E-state index in [1.54, 1.807) is 18.0 Å². The molecule has 0 bridgehead atoms. The van der Waals surface area contributed by atoms with Crippen LogP contribution in [0.15, 0.2) is 29.3 Å². The number of fused-ring (bicyclic) bond motifs is 2. The first kappa shape index (κ1) is 18.3. The minimum Gasteiger partial charge on any atom is -0.337 e. The van der Waals surface area contributed by atoms with E-state index < -0.39 is 0 Å². The normalized spacial score (nSPS) is 13.9. The molecule has 146 valence electrons. The Morgan fingerprint density at radius 2 is 2.07 bits per heavy atom. The number of rotatable bonds is 4. The highest BCUT2D eigenvalue weighted by Crippen LogP contribution is 2.15. The molecule has 0 unspecified atom stereocenters. The molecule has 0 atom stereocenters. The molecule has 1 aromatic carbocycles. The number of likely N-dealkylation sites (N-methyl/N-ethyl adjacent to an activating group) is 1. The first-order valence-electron chi connectivity index (χ1n) is 9.64. The Morgan fingerprint density at radius 3 is 2.93 bits per heavy atom. The Morgan fingerprint density at radius 1 is 1.21 bits per heavy atom. The molecule has 3 aromatic rings. The molecule has 0 radical (unpaired) electrons. The van der Waals surface area contributed by atoms with Crippen LogP contribution in [-0.2, 0) is 30.8 Å². The van der Waals surface area contributed by atoms with Gasteiger partial charge in [0.2, 0.25) is 5.91 Å². The lowest BCUT2D eigenvalue weighted by atomic mass is 10.1. The highest BCUT2D eigenvalue weighted by Gasteiger charge is 2.19. The molecule has 28 heavy (non-hydrogen) atoms. The van der Waals surface area contributed by atoms with Crippen molar-refractivity contribution in [3.63, 3.8) is 0 Å². The van der Waals surface area contributed by atoms with Gasteiger partial charge in [0.25, 0.3) is 5.56 Å². The smallest absolute Gasteiger partial charge is 0.261 e. The third-order valence-electron chi connectivity index (χ3n) is 5.35. The number of para-hydroxylation sites is 1. The zero-order chi connectivity index (χ0) is 19.7. The van der Waals surface area contributed by atoms with E-state index in [0.717, 1.165) is 43.0 Å². The van der Waals surface area contributed by atoms with E-state index in [-0.39, 0.29) is 18.0 Å². The van der Waals surface area contributed by atoms with Crippen molar-refractivity contribution in [1.82, 2.24) is 29.2 Å². The van der Waals surface area contributed by atoms with Crippen LogP contribution in [0.25, 0.3) is 10.9 Å². The summed E-state index contributed by atoms with van der Waals surface area (Å²) in [4.78, 5) is 31.4. The van der Waals surface area contributed by atoms with Crippen LogP contribution in [-0.4, -0.2) is 42.2 Å². The molecule has 1 aliphatic rings. The second-order valence-corrected chi connectivity index (χ2v) is 7.39. The van der Waals surface area contributed by atoms with Gasteiger partial charge < -0.3 is 9.47 Å². The number of carbonyl (C=O) groups excluding carboxylic acids is 1. The number of nitrogens with zero attached hydrogens (tertiary/aromatic N) is 6. The van der Waals surface area contributed by atoms with Gasteiger partial charge in [-0.25, -0.2) is 4.98 Å². The fraction of sp³-hybridized carbons (Fsp3) is 0.450. The lowest BCUT2D eigenvalue weighted by Gasteiger charge is -2.18. The zero-order valence-electron chi connectivity index (χ0n) is 16.3. The average molecular weight is 380 g/mol. The van der Waals surface area contributed by atoms with Crippen LogP contribution >= 0.6 is 0 Å². The predicted molar refractivity (Wildman–Crippen MR) is 105 cm³/mol. The molecule has 8 heteroatoms. The van der Waals surface area contributed by atoms with Gasteiger partial charge in [0, 0.05) is 20.0 Å². The molecule has 8 nitrogen and oxygen atoms in total. The highest BCUT2D eigenvalue weighted by atomic mass is 16.2. The molecule has 1 aliphatic heterocycles. The van der Waals surface area contributed by atoms with Gasteiger partial charge in [-0.05, 0) is 31.4 Å². The number of hydrogen-bond acceptors (Lipinski definition) is 5. The molecule has 1 amide bonds. The lowest BCUT2D eigenvalue weighted by Crippen LogP contribution is -2.34. The van der Waals surface area contributed by atoms with Crippen molar-refractivity contribution in [1.29, 1.82) is 0 Å². The fourth-order valence-electron chi connectivity index (χ4n) is 3.68. The Balaban J connectivity index is 1.51. The summed E-state index contributed by atoms with van der Waals surface area (Å²) in [6.45, 7) is 3.14. The largest absolute Gasteiger partial charge is 0.337 e. The molecule has 0 aliphatic carbocycles. The van der Waals surface area contributed by atoms with E-state index in [1.807, 2.05) is 19.1 Å². The van der Waals surface area contributed by atoms with Crippen molar-refractivity contribution in [2.45, 2.75) is 52.2 Å². The van der Waals surface area contributed by atoms with Gasteiger partial charge in [0.1, 0.15) is 12.4 Å². The molecule has 0 fully saturated rings. The minimum atomic E-state index is -0.202. The van der Waals surface area contributed by atoms with Crippen LogP contribution < -0.4 is 5.56 Å². The van der Waals surface area contributed by atoms with Gasteiger partial charge in [-0.2, -0.15) is 0 Å². The molecule has 0 saturated heterocycles. The summed E-state index contributed by atoms with van der Waals surface area (Å²) in [5, 5.41) is 9.08. The maximum Gasteiger partial charge on any atom is 0.261 e. The van der Waals surface area contributed by atoms with Gasteiger partial charge >= 0.3 is 0 Å². The standard InChI is InChI=1S/C20H24N6O2/c1-14-7-6-8-15-19(14)21-13-25(20(15)28)12-18(27)24(2)11-17-23-22-16-9-4-3-5-10-26(16)17/h6-8,13H,3-5,9-12H2,1-2H3. The third kappa shape index (κ3) is 3.42. The Hall–Kier alpha value is -3.03. The SMILES string of the molecule is Cc1cccc2c(=O)n(CC(=O)N(C)Cc3nnc4n3CCCCC4)cnc12. The van der Waals surface area contributed by atoms with Crippen molar-refractivity contribution in [2.75, 3.05) is 7.05 Å². The van der Waals surface area contributed by atoms with Crippen molar-refractivity contribution in [3.05, 3.63) is 52.1 Å². The van der Waals surface area contributed by atoms with E-state index in [0.29, 0.717) is 17.4 Å². The van der Waals surface area contributed by atoms with E-state index in [9.17, 15) is 9.59 Å². The average Bonchev–Trinajstić information content (AvgIpc) is 2.90. The number of hydrogen-bond donors (Lipinski definition) is 0. The third-order valence-corrected chi connectivity index (χ3v) is 5.35. The first-order chi connectivity index (χ1) is 13.5. The van der Waals surface area contributed by atoms with Crippen molar-refractivity contribution >= 4 is 16.8 Å². The van der Waals surface area contributed by atoms with Crippen LogP contribution in [0.3, 0.4) is 0 Å². The van der Waals surface area contributed by atoms with Crippen molar-refractivity contribution in [3.8, 4) is 0 Å². The van der Waals surface area contributed by atoms with Crippen LogP contribution in [0.5, 0.6) is 0 Å². The van der Waals surface area contributed by atoms with Crippen LogP contribution in [0.4, 0.5) is 0 Å². The summed E-state index contributed by atoms with van der Waals surface area (Å²) < 4.78 is 3.49. The van der Waals surface area contributed by atoms with Crippen molar-refractivity contribution < 1.29 is 4.79 Å². The first-order valence-corrected chi connectivity index (χ1v) is 9.64. The van der Waals surface area contributed by atoms with Crippen LogP contribution in [0, 0.1) is 6.92 Å². The number of aromatic nitrogens is 5. The molecular formula is C20H24N6O2. The second kappa shape index (κ2) is 7.53. The van der Waals surface area contributed by atoms with Gasteiger partial charge in [0.15, 0.2) is 5.82 Å². The number of carbonyl (C=O) groups is 1. The topological polar surface area (TPSA) is 85.9 Å². The number of aryl methyl sites for hydroxylation is 2. The van der Waals surface area contributed by atoms with Crippen LogP contribution in [0.2, 0.25) is 0 Å². The van der Waals surface area contributed by atoms with Crippen molar-refractivity contribution in [2.24, 2.45) is 0 Å². The molecular weight excluding hydrogens is 356 g/mol. The highest BCUT2D eigenvalue weighted by molar-refractivity contribution is 5.81. The molecule has 3 heterocycles. The quantitative estimate of drug-likeness (QED) is 0.687.